The van der Waals surface area contributed by atoms with Crippen molar-refractivity contribution in [3.05, 3.63) is 68.7 Å². The Labute approximate surface area is 131 Å². The van der Waals surface area contributed by atoms with Crippen molar-refractivity contribution in [2.45, 2.75) is 0 Å². The van der Waals surface area contributed by atoms with Crippen LogP contribution in [0, 0.1) is 0 Å². The second-order valence-corrected chi connectivity index (χ2v) is 5.29. The Kier molecular flexibility index (Phi) is 5.92. The molecule has 0 heterocycles. The molecule has 1 rings (SSSR count). The summed E-state index contributed by atoms with van der Waals surface area (Å²) >= 11 is 14.9. The minimum atomic E-state index is -0.345. The monoisotopic (exact) mass is 355 g/mol. The first-order valence-corrected chi connectivity index (χ1v) is 6.63. The van der Waals surface area contributed by atoms with Gasteiger partial charge in [0, 0.05) is 20.8 Å². The molecule has 0 aromatic heterocycles. The van der Waals surface area contributed by atoms with Crippen molar-refractivity contribution in [2.24, 2.45) is 0 Å². The highest BCUT2D eigenvalue weighted by molar-refractivity contribution is 9.10. The minimum Gasteiger partial charge on any atom is -0.323 e. The number of nitrogens with one attached hydrogen (secondary N) is 1. The fourth-order valence-electron chi connectivity index (χ4n) is 1.14. The van der Waals surface area contributed by atoms with E-state index in [4.69, 9.17) is 31.0 Å². The van der Waals surface area contributed by atoms with Crippen LogP contribution >= 0.6 is 39.1 Å². The number of hydrogen-bond donors (Lipinski definition) is 1. The van der Waals surface area contributed by atoms with E-state index in [1.165, 1.54) is 6.08 Å². The fraction of sp³-hybridized carbons (Fsp3) is 0. The molecule has 0 aliphatic heterocycles. The van der Waals surface area contributed by atoms with Crippen LogP contribution in [0.1, 0.15) is 10.4 Å². The molecule has 1 aromatic rings. The first-order chi connectivity index (χ1) is 8.81. The number of carbonyl (C=O) groups is 1. The highest BCUT2D eigenvalue weighted by atomic mass is 79.9. The van der Waals surface area contributed by atoms with Crippen LogP contribution in [-0.4, -0.2) is 13.8 Å². The molecule has 0 atom stereocenters. The maximum Gasteiger partial charge on any atom is 0.255 e. The van der Waals surface area contributed by atoms with Gasteiger partial charge in [-0.3, -0.25) is 4.79 Å². The Balaban J connectivity index is 2.80. The smallest absolute Gasteiger partial charge is 0.255 e. The lowest BCUT2D eigenvalue weighted by Crippen LogP contribution is -2.21. The standard InChI is InChI=1S/C13H9BBrCl2NO/c1-7(5-11(16)8(2)14)18-13(19)9-3-4-10(15)12(17)6-9/h3-6H,1-2H2,(H,18,19)/b11-5+. The number of halogens is 3. The normalized spacial score (nSPS) is 11.0. The van der Waals surface area contributed by atoms with Gasteiger partial charge in [0.1, 0.15) is 7.85 Å². The maximum atomic E-state index is 11.9. The molecule has 0 aliphatic carbocycles. The Morgan fingerprint density at radius 2 is 2.05 bits per heavy atom. The quantitative estimate of drug-likeness (QED) is 0.637. The SMILES string of the molecule is [B]C(=C)/C(Cl)=C\C(=C)NC(=O)c1ccc(Br)c(Cl)c1. The van der Waals surface area contributed by atoms with Crippen LogP contribution in [0.3, 0.4) is 0 Å². The number of carbonyl (C=O) groups excluding carboxylic acids is 1. The van der Waals surface area contributed by atoms with Crippen molar-refractivity contribution < 1.29 is 4.79 Å². The maximum absolute atomic E-state index is 11.9. The van der Waals surface area contributed by atoms with Gasteiger partial charge in [-0.25, -0.2) is 0 Å². The number of benzene rings is 1. The predicted octanol–water partition coefficient (Wildman–Crippen LogP) is 4.15. The van der Waals surface area contributed by atoms with E-state index in [2.05, 4.69) is 34.4 Å². The summed E-state index contributed by atoms with van der Waals surface area (Å²) < 4.78 is 0.715. The van der Waals surface area contributed by atoms with Crippen LogP contribution < -0.4 is 5.32 Å². The van der Waals surface area contributed by atoms with Crippen molar-refractivity contribution >= 4 is 52.9 Å². The van der Waals surface area contributed by atoms with Gasteiger partial charge in [0.2, 0.25) is 0 Å². The molecule has 1 N–H and O–H groups in total. The Bertz CT molecular complexity index is 584. The summed E-state index contributed by atoms with van der Waals surface area (Å²) in [4.78, 5) is 11.9. The fourth-order valence-corrected chi connectivity index (χ4v) is 1.70. The van der Waals surface area contributed by atoms with Gasteiger partial charge >= 0.3 is 0 Å². The lowest BCUT2D eigenvalue weighted by molar-refractivity contribution is 0.0967. The molecule has 6 heteroatoms. The second kappa shape index (κ2) is 6.99. The summed E-state index contributed by atoms with van der Waals surface area (Å²) in [5.74, 6) is -0.345. The lowest BCUT2D eigenvalue weighted by atomic mass is 9.97. The minimum absolute atomic E-state index is 0.198. The average Bonchev–Trinajstić information content (AvgIpc) is 2.32. The molecule has 0 unspecified atom stereocenters. The zero-order chi connectivity index (χ0) is 14.6. The molecule has 96 valence electrons. The topological polar surface area (TPSA) is 29.1 Å². The lowest BCUT2D eigenvalue weighted by Gasteiger charge is -2.07. The van der Waals surface area contributed by atoms with Crippen molar-refractivity contribution in [3.63, 3.8) is 0 Å². The number of allylic oxidation sites excluding steroid dienone is 3. The number of rotatable bonds is 4. The first kappa shape index (κ1) is 16.1. The zero-order valence-electron chi connectivity index (χ0n) is 9.84. The van der Waals surface area contributed by atoms with Gasteiger partial charge in [-0.15, -0.1) is 6.58 Å². The van der Waals surface area contributed by atoms with Crippen molar-refractivity contribution in [1.82, 2.24) is 5.32 Å². The molecule has 0 bridgehead atoms. The van der Waals surface area contributed by atoms with Gasteiger partial charge in [0.25, 0.3) is 5.91 Å². The molecule has 1 amide bonds. The van der Waals surface area contributed by atoms with Gasteiger partial charge in [-0.05, 0) is 40.2 Å². The third kappa shape index (κ3) is 4.90. The zero-order valence-corrected chi connectivity index (χ0v) is 12.9. The summed E-state index contributed by atoms with van der Waals surface area (Å²) in [6.45, 7) is 7.12. The summed E-state index contributed by atoms with van der Waals surface area (Å²) in [6.07, 6.45) is 1.42. The summed E-state index contributed by atoms with van der Waals surface area (Å²) in [5.41, 5.74) is 0.912. The average molecular weight is 357 g/mol. The van der Waals surface area contributed by atoms with Crippen LogP contribution in [0.2, 0.25) is 5.02 Å². The van der Waals surface area contributed by atoms with Gasteiger partial charge in [-0.1, -0.05) is 35.3 Å². The molecule has 0 fully saturated rings. The molecular weight excluding hydrogens is 348 g/mol. The second-order valence-electron chi connectivity index (χ2n) is 3.63. The first-order valence-electron chi connectivity index (χ1n) is 5.08. The molecule has 0 saturated carbocycles. The largest absolute Gasteiger partial charge is 0.323 e. The predicted molar refractivity (Wildman–Crippen MR) is 84.6 cm³/mol. The molecular formula is C13H9BBrCl2NO. The Morgan fingerprint density at radius 3 is 2.58 bits per heavy atom. The van der Waals surface area contributed by atoms with E-state index in [0.717, 1.165) is 0 Å². The molecule has 0 spiro atoms. The van der Waals surface area contributed by atoms with Crippen LogP contribution in [0.4, 0.5) is 0 Å². The van der Waals surface area contributed by atoms with Crippen LogP contribution in [0.5, 0.6) is 0 Å². The van der Waals surface area contributed by atoms with Gasteiger partial charge in [0.15, 0.2) is 0 Å². The van der Waals surface area contributed by atoms with E-state index in [0.29, 0.717) is 20.8 Å². The summed E-state index contributed by atoms with van der Waals surface area (Å²) in [5, 5.41) is 3.23. The third-order valence-electron chi connectivity index (χ3n) is 2.06. The van der Waals surface area contributed by atoms with E-state index in [1.54, 1.807) is 18.2 Å². The molecule has 19 heavy (non-hydrogen) atoms. The van der Waals surface area contributed by atoms with Gasteiger partial charge in [-0.2, -0.15) is 0 Å². The van der Waals surface area contributed by atoms with E-state index < -0.39 is 0 Å². The summed E-state index contributed by atoms with van der Waals surface area (Å²) in [6, 6.07) is 4.86. The van der Waals surface area contributed by atoms with Crippen molar-refractivity contribution in [1.29, 1.82) is 0 Å². The van der Waals surface area contributed by atoms with E-state index in [1.807, 2.05) is 0 Å². The molecule has 2 nitrogen and oxygen atoms in total. The Morgan fingerprint density at radius 1 is 1.42 bits per heavy atom. The highest BCUT2D eigenvalue weighted by Gasteiger charge is 2.08. The van der Waals surface area contributed by atoms with Gasteiger partial charge in [0.05, 0.1) is 5.02 Å². The van der Waals surface area contributed by atoms with Crippen LogP contribution in [0.15, 0.2) is 58.1 Å². The number of amides is 1. The van der Waals surface area contributed by atoms with E-state index in [9.17, 15) is 4.79 Å². The van der Waals surface area contributed by atoms with Gasteiger partial charge < -0.3 is 5.32 Å². The Hall–Kier alpha value is -0.965. The number of hydrogen-bond acceptors (Lipinski definition) is 1. The van der Waals surface area contributed by atoms with Crippen LogP contribution in [-0.2, 0) is 0 Å². The molecule has 2 radical (unpaired) electrons. The van der Waals surface area contributed by atoms with Crippen LogP contribution in [0.25, 0.3) is 0 Å². The van der Waals surface area contributed by atoms with Crippen molar-refractivity contribution in [3.8, 4) is 0 Å². The molecule has 0 saturated heterocycles. The third-order valence-corrected chi connectivity index (χ3v) is 3.65. The highest BCUT2D eigenvalue weighted by Crippen LogP contribution is 2.23. The molecule has 0 aliphatic rings. The van der Waals surface area contributed by atoms with Crippen molar-refractivity contribution in [2.75, 3.05) is 0 Å². The molecule has 1 aromatic carbocycles. The van der Waals surface area contributed by atoms with E-state index in [-0.39, 0.29) is 16.4 Å². The summed E-state index contributed by atoms with van der Waals surface area (Å²) in [7, 11) is 5.39. The van der Waals surface area contributed by atoms with E-state index >= 15 is 0 Å².